The number of aromatic nitrogens is 1. The third-order valence-electron chi connectivity index (χ3n) is 3.48. The van der Waals surface area contributed by atoms with Crippen LogP contribution >= 0.6 is 15.9 Å². The molecule has 1 aromatic rings. The third kappa shape index (κ3) is 6.52. The molecule has 7 nitrogen and oxygen atoms in total. The van der Waals surface area contributed by atoms with Gasteiger partial charge < -0.3 is 24.6 Å². The number of hydrogen-bond donors (Lipinski definition) is 2. The molecule has 0 aliphatic carbocycles. The number of nitrogens with zero attached hydrogens (tertiary/aromatic N) is 1. The molecule has 1 heterocycles. The van der Waals surface area contributed by atoms with E-state index in [1.54, 1.807) is 7.11 Å². The van der Waals surface area contributed by atoms with Gasteiger partial charge in [0.15, 0.2) is 5.75 Å². The molecule has 0 aromatic carbocycles. The molecule has 1 amide bonds. The summed E-state index contributed by atoms with van der Waals surface area (Å²) >= 11 is 3.42. The minimum absolute atomic E-state index is 0.140. The zero-order chi connectivity index (χ0) is 18.1. The van der Waals surface area contributed by atoms with Gasteiger partial charge in [-0.15, -0.1) is 0 Å². The molecule has 0 saturated carbocycles. The number of nitrogens with one attached hydrogen (secondary N) is 1. The second-order valence-corrected chi connectivity index (χ2v) is 6.40. The minimum atomic E-state index is -1.04. The lowest BCUT2D eigenvalue weighted by atomic mass is 9.97. The highest BCUT2D eigenvalue weighted by molar-refractivity contribution is 9.10. The number of hydrogen-bond acceptors (Lipinski definition) is 5. The van der Waals surface area contributed by atoms with E-state index in [1.807, 2.05) is 19.9 Å². The van der Waals surface area contributed by atoms with Crippen molar-refractivity contribution < 1.29 is 24.1 Å². The molecule has 0 spiro atoms. The van der Waals surface area contributed by atoms with Crippen LogP contribution in [0.25, 0.3) is 0 Å². The Morgan fingerprint density at radius 3 is 2.62 bits per heavy atom. The summed E-state index contributed by atoms with van der Waals surface area (Å²) in [6.45, 7) is 5.02. The van der Waals surface area contributed by atoms with Crippen LogP contribution in [0.15, 0.2) is 10.7 Å². The molecular weight excluding hydrogens is 380 g/mol. The number of carbonyl (C=O) groups is 1. The second kappa shape index (κ2) is 10.4. The molecule has 1 atom stereocenters. The van der Waals surface area contributed by atoms with E-state index in [0.717, 1.165) is 12.0 Å². The first-order chi connectivity index (χ1) is 11.4. The molecular formula is C16H25BrN2O5. The molecule has 1 unspecified atom stereocenters. The largest absolute Gasteiger partial charge is 0.488 e. The average Bonchev–Trinajstić information content (AvgIpc) is 2.52. The fourth-order valence-corrected chi connectivity index (χ4v) is 2.56. The Morgan fingerprint density at radius 1 is 1.38 bits per heavy atom. The standard InChI is InChI=1S/C16H25BrN2O5/c1-10(2)12(18-16(20)21)8-11-9-13(24-7-5-6-22-3)15(23-4)19-14(11)17/h9-10,12,18H,5-8H2,1-4H3,(H,20,21). The Morgan fingerprint density at radius 2 is 2.08 bits per heavy atom. The molecule has 0 fully saturated rings. The predicted octanol–water partition coefficient (Wildman–Crippen LogP) is 3.10. The molecule has 1 rings (SSSR count). The molecule has 8 heteroatoms. The molecule has 0 radical (unpaired) electrons. The van der Waals surface area contributed by atoms with E-state index < -0.39 is 6.09 Å². The first-order valence-electron chi connectivity index (χ1n) is 7.73. The van der Waals surface area contributed by atoms with Crippen LogP contribution in [0.5, 0.6) is 11.6 Å². The number of methoxy groups -OCH3 is 2. The van der Waals surface area contributed by atoms with E-state index >= 15 is 0 Å². The summed E-state index contributed by atoms with van der Waals surface area (Å²) in [4.78, 5) is 15.3. The van der Waals surface area contributed by atoms with Gasteiger partial charge in [-0.2, -0.15) is 0 Å². The van der Waals surface area contributed by atoms with Crippen molar-refractivity contribution in [1.82, 2.24) is 10.3 Å². The van der Waals surface area contributed by atoms with Crippen LogP contribution in [-0.4, -0.2) is 49.7 Å². The van der Waals surface area contributed by atoms with Gasteiger partial charge in [-0.3, -0.25) is 0 Å². The van der Waals surface area contributed by atoms with Crippen molar-refractivity contribution in [3.05, 3.63) is 16.2 Å². The lowest BCUT2D eigenvalue weighted by Gasteiger charge is -2.22. The van der Waals surface area contributed by atoms with Gasteiger partial charge in [0.2, 0.25) is 0 Å². The summed E-state index contributed by atoms with van der Waals surface area (Å²) in [5.74, 6) is 1.06. The molecule has 0 bridgehead atoms. The predicted molar refractivity (Wildman–Crippen MR) is 94.0 cm³/mol. The van der Waals surface area contributed by atoms with Gasteiger partial charge in [0.1, 0.15) is 4.60 Å². The fraction of sp³-hybridized carbons (Fsp3) is 0.625. The second-order valence-electron chi connectivity index (χ2n) is 5.64. The highest BCUT2D eigenvalue weighted by Gasteiger charge is 2.20. The summed E-state index contributed by atoms with van der Waals surface area (Å²) in [5, 5.41) is 11.5. The van der Waals surface area contributed by atoms with Crippen LogP contribution in [-0.2, 0) is 11.2 Å². The first-order valence-corrected chi connectivity index (χ1v) is 8.52. The maximum absolute atomic E-state index is 11.0. The minimum Gasteiger partial charge on any atom is -0.488 e. The number of carboxylic acid groups (broad SMARTS) is 1. The summed E-state index contributed by atoms with van der Waals surface area (Å²) in [6.07, 6.45) is 0.207. The molecule has 1 aromatic heterocycles. The summed E-state index contributed by atoms with van der Waals surface area (Å²) < 4.78 is 16.6. The van der Waals surface area contributed by atoms with E-state index in [1.165, 1.54) is 7.11 Å². The Balaban J connectivity index is 2.94. The van der Waals surface area contributed by atoms with E-state index in [2.05, 4.69) is 26.2 Å². The topological polar surface area (TPSA) is 89.9 Å². The van der Waals surface area contributed by atoms with Crippen molar-refractivity contribution in [2.45, 2.75) is 32.7 Å². The lowest BCUT2D eigenvalue weighted by molar-refractivity contribution is 0.170. The highest BCUT2D eigenvalue weighted by Crippen LogP contribution is 2.31. The van der Waals surface area contributed by atoms with Crippen molar-refractivity contribution in [2.24, 2.45) is 5.92 Å². The summed E-state index contributed by atoms with van der Waals surface area (Å²) in [5.41, 5.74) is 0.852. The SMILES string of the molecule is COCCCOc1cc(CC(NC(=O)O)C(C)C)c(Br)nc1OC. The fourth-order valence-electron chi connectivity index (χ4n) is 2.12. The van der Waals surface area contributed by atoms with Gasteiger partial charge in [-0.1, -0.05) is 13.8 Å². The van der Waals surface area contributed by atoms with Crippen molar-refractivity contribution >= 4 is 22.0 Å². The molecule has 136 valence electrons. The van der Waals surface area contributed by atoms with Crippen LogP contribution in [0.3, 0.4) is 0 Å². The molecule has 0 saturated heterocycles. The lowest BCUT2D eigenvalue weighted by Crippen LogP contribution is -2.39. The van der Waals surface area contributed by atoms with Crippen LogP contribution in [0.4, 0.5) is 4.79 Å². The number of pyridine rings is 1. The van der Waals surface area contributed by atoms with E-state index in [0.29, 0.717) is 35.9 Å². The monoisotopic (exact) mass is 404 g/mol. The summed E-state index contributed by atoms with van der Waals surface area (Å²) in [6, 6.07) is 1.61. The zero-order valence-electron chi connectivity index (χ0n) is 14.5. The molecule has 0 aliphatic rings. The van der Waals surface area contributed by atoms with Gasteiger partial charge in [-0.05, 0) is 39.9 Å². The zero-order valence-corrected chi connectivity index (χ0v) is 16.1. The maximum Gasteiger partial charge on any atom is 0.404 e. The smallest absolute Gasteiger partial charge is 0.404 e. The third-order valence-corrected chi connectivity index (χ3v) is 4.16. The van der Waals surface area contributed by atoms with E-state index in [9.17, 15) is 4.79 Å². The molecule has 2 N–H and O–H groups in total. The molecule has 0 aliphatic heterocycles. The number of rotatable bonds is 10. The number of amides is 1. The van der Waals surface area contributed by atoms with Crippen molar-refractivity contribution in [3.8, 4) is 11.6 Å². The van der Waals surface area contributed by atoms with E-state index in [-0.39, 0.29) is 12.0 Å². The Hall–Kier alpha value is -1.54. The van der Waals surface area contributed by atoms with Crippen molar-refractivity contribution in [3.63, 3.8) is 0 Å². The van der Waals surface area contributed by atoms with E-state index in [4.69, 9.17) is 19.3 Å². The van der Waals surface area contributed by atoms with Crippen molar-refractivity contribution in [1.29, 1.82) is 0 Å². The Kier molecular flexibility index (Phi) is 8.84. The van der Waals surface area contributed by atoms with Crippen molar-refractivity contribution in [2.75, 3.05) is 27.4 Å². The number of halogens is 1. The average molecular weight is 405 g/mol. The van der Waals surface area contributed by atoms with Gasteiger partial charge >= 0.3 is 6.09 Å². The van der Waals surface area contributed by atoms with Gasteiger partial charge in [0.25, 0.3) is 5.88 Å². The number of ether oxygens (including phenoxy) is 3. The normalized spacial score (nSPS) is 12.1. The summed E-state index contributed by atoms with van der Waals surface area (Å²) in [7, 11) is 3.17. The quantitative estimate of drug-likeness (QED) is 0.459. The van der Waals surface area contributed by atoms with Gasteiger partial charge in [-0.25, -0.2) is 9.78 Å². The van der Waals surface area contributed by atoms with Crippen LogP contribution < -0.4 is 14.8 Å². The highest BCUT2D eigenvalue weighted by atomic mass is 79.9. The maximum atomic E-state index is 11.0. The molecule has 24 heavy (non-hydrogen) atoms. The van der Waals surface area contributed by atoms with Crippen LogP contribution in [0.2, 0.25) is 0 Å². The van der Waals surface area contributed by atoms with Crippen LogP contribution in [0, 0.1) is 5.92 Å². The van der Waals surface area contributed by atoms with Gasteiger partial charge in [0, 0.05) is 26.2 Å². The van der Waals surface area contributed by atoms with Gasteiger partial charge in [0.05, 0.1) is 13.7 Å². The van der Waals surface area contributed by atoms with Crippen LogP contribution in [0.1, 0.15) is 25.8 Å². The first kappa shape index (κ1) is 20.5. The Labute approximate surface area is 150 Å². The Bertz CT molecular complexity index is 539.